The van der Waals surface area contributed by atoms with Crippen LogP contribution in [0.4, 0.5) is 0 Å². The molecule has 1 fully saturated rings. The lowest BCUT2D eigenvalue weighted by molar-refractivity contribution is 0.174. The van der Waals surface area contributed by atoms with Crippen LogP contribution in [-0.2, 0) is 18.9 Å². The number of nitrogens with one attached hydrogen (secondary N) is 2. The fourth-order valence-electron chi connectivity index (χ4n) is 4.10. The monoisotopic (exact) mass is 525 g/mol. The van der Waals surface area contributed by atoms with Crippen LogP contribution in [0.5, 0.6) is 11.5 Å². The SMILES string of the molecule is CN=C(NCC1(c2ccc3c(c2)OCO3)CC1)NC(C)Cc1c(C)nn(C)c1C.I. The largest absolute Gasteiger partial charge is 0.454 e. The molecule has 1 aromatic carbocycles. The molecule has 0 amide bonds. The number of guanidine groups is 1. The van der Waals surface area contributed by atoms with Gasteiger partial charge in [0.15, 0.2) is 17.5 Å². The molecule has 0 spiro atoms. The van der Waals surface area contributed by atoms with E-state index in [1.54, 1.807) is 0 Å². The number of ether oxygens (including phenoxy) is 2. The molecule has 1 aliphatic carbocycles. The molecule has 1 atom stereocenters. The van der Waals surface area contributed by atoms with Gasteiger partial charge >= 0.3 is 0 Å². The Morgan fingerprint density at radius 3 is 2.63 bits per heavy atom. The first-order valence-electron chi connectivity index (χ1n) is 10.3. The van der Waals surface area contributed by atoms with Crippen molar-refractivity contribution in [2.45, 2.75) is 51.5 Å². The molecule has 164 valence electrons. The van der Waals surface area contributed by atoms with Gasteiger partial charge in [0, 0.05) is 37.8 Å². The van der Waals surface area contributed by atoms with Gasteiger partial charge in [-0.1, -0.05) is 6.07 Å². The number of nitrogens with zero attached hydrogens (tertiary/aromatic N) is 3. The molecule has 0 radical (unpaired) electrons. The van der Waals surface area contributed by atoms with Crippen molar-refractivity contribution >= 4 is 29.9 Å². The Morgan fingerprint density at radius 2 is 2.00 bits per heavy atom. The van der Waals surface area contributed by atoms with Gasteiger partial charge in [0.2, 0.25) is 6.79 Å². The first-order valence-corrected chi connectivity index (χ1v) is 10.3. The van der Waals surface area contributed by atoms with Crippen molar-refractivity contribution in [1.29, 1.82) is 0 Å². The Hall–Kier alpha value is -1.97. The van der Waals surface area contributed by atoms with E-state index in [2.05, 4.69) is 53.6 Å². The summed E-state index contributed by atoms with van der Waals surface area (Å²) in [6.07, 6.45) is 3.25. The van der Waals surface area contributed by atoms with Gasteiger partial charge in [-0.3, -0.25) is 9.67 Å². The van der Waals surface area contributed by atoms with Crippen molar-refractivity contribution in [3.63, 3.8) is 0 Å². The number of aromatic nitrogens is 2. The van der Waals surface area contributed by atoms with Crippen LogP contribution in [0, 0.1) is 13.8 Å². The van der Waals surface area contributed by atoms with Gasteiger partial charge in [0.05, 0.1) is 5.69 Å². The van der Waals surface area contributed by atoms with Crippen molar-refractivity contribution in [3.8, 4) is 11.5 Å². The van der Waals surface area contributed by atoms with Crippen LogP contribution in [0.25, 0.3) is 0 Å². The van der Waals surface area contributed by atoms with E-state index in [4.69, 9.17) is 9.47 Å². The highest BCUT2D eigenvalue weighted by molar-refractivity contribution is 14.0. The number of hydrogen-bond donors (Lipinski definition) is 2. The molecule has 2 aromatic rings. The average molecular weight is 525 g/mol. The minimum atomic E-state index is 0. The highest BCUT2D eigenvalue weighted by atomic mass is 127. The number of hydrogen-bond acceptors (Lipinski definition) is 4. The maximum absolute atomic E-state index is 5.55. The van der Waals surface area contributed by atoms with Gasteiger partial charge in [0.1, 0.15) is 0 Å². The molecule has 1 saturated carbocycles. The number of benzene rings is 1. The molecule has 1 unspecified atom stereocenters. The van der Waals surface area contributed by atoms with E-state index in [0.717, 1.165) is 36.1 Å². The fraction of sp³-hybridized carbons (Fsp3) is 0.545. The second kappa shape index (κ2) is 9.03. The van der Waals surface area contributed by atoms with Crippen LogP contribution >= 0.6 is 24.0 Å². The molecule has 2 heterocycles. The third kappa shape index (κ3) is 4.53. The molecule has 8 heteroatoms. The smallest absolute Gasteiger partial charge is 0.231 e. The number of rotatable bonds is 6. The molecule has 0 saturated heterocycles. The van der Waals surface area contributed by atoms with Crippen molar-refractivity contribution in [2.75, 3.05) is 20.4 Å². The van der Waals surface area contributed by atoms with Crippen molar-refractivity contribution in [3.05, 3.63) is 40.7 Å². The second-order valence-corrected chi connectivity index (χ2v) is 8.30. The topological polar surface area (TPSA) is 72.7 Å². The van der Waals surface area contributed by atoms with E-state index in [1.807, 2.05) is 24.8 Å². The molecule has 2 N–H and O–H groups in total. The Bertz CT molecular complexity index is 936. The molecule has 0 bridgehead atoms. The van der Waals surface area contributed by atoms with Crippen LogP contribution in [-0.4, -0.2) is 42.2 Å². The Morgan fingerprint density at radius 1 is 1.27 bits per heavy atom. The minimum Gasteiger partial charge on any atom is -0.454 e. The lowest BCUT2D eigenvalue weighted by Crippen LogP contribution is -2.45. The molecule has 7 nitrogen and oxygen atoms in total. The van der Waals surface area contributed by atoms with Crippen LogP contribution in [0.1, 0.15) is 42.3 Å². The van der Waals surface area contributed by atoms with E-state index in [0.29, 0.717) is 6.79 Å². The Labute approximate surface area is 195 Å². The predicted octanol–water partition coefficient (Wildman–Crippen LogP) is 3.21. The predicted molar refractivity (Wildman–Crippen MR) is 129 cm³/mol. The third-order valence-electron chi connectivity index (χ3n) is 6.21. The molecular weight excluding hydrogens is 493 g/mol. The highest BCUT2D eigenvalue weighted by Gasteiger charge is 2.44. The van der Waals surface area contributed by atoms with Gasteiger partial charge in [-0.25, -0.2) is 0 Å². The normalized spacial score (nSPS) is 17.3. The number of fused-ring (bicyclic) bond motifs is 1. The van der Waals surface area contributed by atoms with Crippen LogP contribution in [0.15, 0.2) is 23.2 Å². The summed E-state index contributed by atoms with van der Waals surface area (Å²) < 4.78 is 12.9. The number of aryl methyl sites for hydroxylation is 2. The quantitative estimate of drug-likeness (QED) is 0.345. The summed E-state index contributed by atoms with van der Waals surface area (Å²) in [6, 6.07) is 6.56. The van der Waals surface area contributed by atoms with E-state index < -0.39 is 0 Å². The van der Waals surface area contributed by atoms with E-state index in [-0.39, 0.29) is 35.4 Å². The molecule has 1 aliphatic heterocycles. The minimum absolute atomic E-state index is 0. The zero-order chi connectivity index (χ0) is 20.6. The summed E-state index contributed by atoms with van der Waals surface area (Å²) in [5, 5.41) is 11.6. The summed E-state index contributed by atoms with van der Waals surface area (Å²) in [5.41, 5.74) is 5.08. The van der Waals surface area contributed by atoms with Crippen LogP contribution < -0.4 is 20.1 Å². The van der Waals surface area contributed by atoms with Crippen molar-refractivity contribution in [1.82, 2.24) is 20.4 Å². The molecular formula is C22H32IN5O2. The summed E-state index contributed by atoms with van der Waals surface area (Å²) >= 11 is 0. The molecule has 1 aromatic heterocycles. The van der Waals surface area contributed by atoms with Gasteiger partial charge in [0.25, 0.3) is 0 Å². The zero-order valence-corrected chi connectivity index (χ0v) is 20.7. The standard InChI is InChI=1S/C22H31N5O2.HI/c1-14(10-18-15(2)26-27(5)16(18)3)25-21(23-4)24-12-22(8-9-22)17-6-7-19-20(11-17)29-13-28-19;/h6-7,11,14H,8-10,12-13H2,1-5H3,(H2,23,24,25);1H. The van der Waals surface area contributed by atoms with Gasteiger partial charge in [-0.05, 0) is 63.3 Å². The van der Waals surface area contributed by atoms with E-state index >= 15 is 0 Å². The third-order valence-corrected chi connectivity index (χ3v) is 6.21. The molecule has 4 rings (SSSR count). The summed E-state index contributed by atoms with van der Waals surface area (Å²) in [4.78, 5) is 4.43. The molecule has 2 aliphatic rings. The second-order valence-electron chi connectivity index (χ2n) is 8.30. The maximum Gasteiger partial charge on any atom is 0.231 e. The van der Waals surface area contributed by atoms with Crippen LogP contribution in [0.2, 0.25) is 0 Å². The maximum atomic E-state index is 5.55. The first-order chi connectivity index (χ1) is 13.9. The summed E-state index contributed by atoms with van der Waals surface area (Å²) in [5.74, 6) is 2.53. The van der Waals surface area contributed by atoms with E-state index in [1.165, 1.54) is 29.7 Å². The van der Waals surface area contributed by atoms with Gasteiger partial charge < -0.3 is 20.1 Å². The zero-order valence-electron chi connectivity index (χ0n) is 18.4. The van der Waals surface area contributed by atoms with E-state index in [9.17, 15) is 0 Å². The lowest BCUT2D eigenvalue weighted by atomic mass is 9.95. The van der Waals surface area contributed by atoms with Gasteiger partial charge in [-0.15, -0.1) is 24.0 Å². The fourth-order valence-corrected chi connectivity index (χ4v) is 4.10. The number of aliphatic imine (C=N–C) groups is 1. The van der Waals surface area contributed by atoms with Crippen molar-refractivity contribution in [2.24, 2.45) is 12.0 Å². The summed E-state index contributed by atoms with van der Waals surface area (Å²) in [6.45, 7) is 7.55. The Balaban J connectivity index is 0.00000256. The van der Waals surface area contributed by atoms with Crippen LogP contribution in [0.3, 0.4) is 0 Å². The Kier molecular flexibility index (Phi) is 6.84. The average Bonchev–Trinajstić information content (AvgIpc) is 3.28. The lowest BCUT2D eigenvalue weighted by Gasteiger charge is -2.22. The summed E-state index contributed by atoms with van der Waals surface area (Å²) in [7, 11) is 3.82. The highest BCUT2D eigenvalue weighted by Crippen LogP contribution is 2.49. The number of halogens is 1. The first kappa shape index (κ1) is 22.7. The van der Waals surface area contributed by atoms with Crippen molar-refractivity contribution < 1.29 is 9.47 Å². The van der Waals surface area contributed by atoms with Gasteiger partial charge in [-0.2, -0.15) is 5.10 Å². The molecule has 30 heavy (non-hydrogen) atoms.